The standard InChI is InChI=1S/C64H96O27/c1-59(2)20-21-64(30(23-59)29-12-14-37-61(5)18-17-39(87-56-49(78)45(74)46(75)51(90-56)53(79)82-9)60(3,4)36(61)16-19-62(37,6)63(29,7)24-38(64)68)58(80)91-57-52(50(31(67)27-83-57)89-55-48(77)44(73)42(71)35(26-66)86-55)88-40(69)15-11-28-10-13-32(33(22-28)81-8)84-54-47(76)43(72)41(70)34(25-65)85-54/h10,12-13,22,30-31,34-39,41-52,54-57,65-68,70-78H,11,14-21,23-27H2,1-9H3/t30?,31-,34+,35+,36-,37+,38+,39-,41+,42+,43-,44-,45-,46-,47+,48+,49+,50-,51-,52+,54+,55-,56+,57-,61-,62+,63+,64+/m0/s1. The monoisotopic (exact) mass is 1300 g/mol. The molecule has 4 saturated carbocycles. The van der Waals surface area contributed by atoms with E-state index < -0.39 is 194 Å². The Hall–Kier alpha value is -3.79. The number of benzene rings is 1. The van der Waals surface area contributed by atoms with E-state index >= 15 is 4.79 Å². The van der Waals surface area contributed by atoms with Crippen LogP contribution in [0.15, 0.2) is 29.8 Å². The van der Waals surface area contributed by atoms with Gasteiger partial charge in [-0.25, -0.2) is 4.79 Å². The van der Waals surface area contributed by atoms with Crippen molar-refractivity contribution in [3.05, 3.63) is 35.4 Å². The number of allylic oxidation sites excluding steroid dienone is 2. The van der Waals surface area contributed by atoms with Crippen LogP contribution in [0.4, 0.5) is 0 Å². The fourth-order valence-electron chi connectivity index (χ4n) is 17.8. The van der Waals surface area contributed by atoms with E-state index in [1.807, 2.05) is 0 Å². The Labute approximate surface area is 528 Å². The third-order valence-electron chi connectivity index (χ3n) is 23.3. The molecule has 28 atom stereocenters. The van der Waals surface area contributed by atoms with Crippen LogP contribution in [0.1, 0.15) is 118 Å². The maximum absolute atomic E-state index is 15.8. The summed E-state index contributed by atoms with van der Waals surface area (Å²) in [7, 11) is 2.46. The van der Waals surface area contributed by atoms with Crippen molar-refractivity contribution in [2.45, 2.75) is 248 Å². The summed E-state index contributed by atoms with van der Waals surface area (Å²) in [5.41, 5.74) is -2.25. The Morgan fingerprint density at radius 2 is 1.25 bits per heavy atom. The van der Waals surface area contributed by atoms with Crippen LogP contribution in [0.2, 0.25) is 0 Å². The number of aliphatic hydroxyl groups excluding tert-OH is 13. The highest BCUT2D eigenvalue weighted by molar-refractivity contribution is 5.80. The summed E-state index contributed by atoms with van der Waals surface area (Å²) < 4.78 is 64.4. The molecule has 0 spiro atoms. The van der Waals surface area contributed by atoms with Crippen molar-refractivity contribution in [1.29, 1.82) is 0 Å². The second kappa shape index (κ2) is 26.3. The van der Waals surface area contributed by atoms with Crippen LogP contribution in [0.3, 0.4) is 0 Å². The van der Waals surface area contributed by atoms with Gasteiger partial charge in [0.15, 0.2) is 36.3 Å². The Balaban J connectivity index is 0.904. The Morgan fingerprint density at radius 1 is 0.626 bits per heavy atom. The van der Waals surface area contributed by atoms with Crippen molar-refractivity contribution < 1.29 is 133 Å². The summed E-state index contributed by atoms with van der Waals surface area (Å²) in [6.07, 6.45) is -27.0. The van der Waals surface area contributed by atoms with Crippen LogP contribution in [-0.2, 0) is 63.4 Å². The molecule has 27 heteroatoms. The molecule has 1 aromatic rings. The fraction of sp³-hybridized carbons (Fsp3) is 0.828. The summed E-state index contributed by atoms with van der Waals surface area (Å²) in [6, 6.07) is 4.52. The zero-order valence-electron chi connectivity index (χ0n) is 53.1. The van der Waals surface area contributed by atoms with Crippen molar-refractivity contribution in [3.8, 4) is 11.5 Å². The van der Waals surface area contributed by atoms with Crippen molar-refractivity contribution in [1.82, 2.24) is 0 Å². The average Bonchev–Trinajstić information content (AvgIpc) is 0.673. The molecule has 0 amide bonds. The number of carbonyl (C=O) groups excluding carboxylic acids is 3. The summed E-state index contributed by atoms with van der Waals surface area (Å²) in [5, 5.41) is 141. The van der Waals surface area contributed by atoms with Gasteiger partial charge in [-0.1, -0.05) is 66.2 Å². The summed E-state index contributed by atoms with van der Waals surface area (Å²) >= 11 is 0. The molecule has 1 unspecified atom stereocenters. The zero-order chi connectivity index (χ0) is 66.4. The summed E-state index contributed by atoms with van der Waals surface area (Å²) in [5.74, 6) is -2.97. The smallest absolute Gasteiger partial charge is 0.337 e. The SMILES string of the molecule is COC(=O)[C@H]1O[C@@H](O[C@H]2CC[C@]3(C)[C@H]4CC=C5C6CC(C)(C)CC[C@]6(C(=O)O[C@@H]6OC[C@H](O)[C@H](O[C@@H]7O[C@H](CO)[C@@H](O)[C@H](O)[C@H]7O)[C@H]6OC(=O)CCc6ccc(O[C@@H]7O[C@H](CO)[C@@H](O)[C@H](O)[C@H]7O)c(OC)c6)[C@H](O)C[C@@]5(C)[C@]4(C)CC[C@H]3C2(C)C)[C@H](O)[C@@H](O)[C@@H]1O. The van der Waals surface area contributed by atoms with E-state index in [0.29, 0.717) is 37.7 Å². The molecular formula is C64H96O27. The first-order chi connectivity index (χ1) is 42.8. The topological polar surface area (TPSA) is 416 Å². The van der Waals surface area contributed by atoms with Crippen LogP contribution in [0, 0.1) is 50.2 Å². The molecule has 0 aromatic heterocycles. The van der Waals surface area contributed by atoms with Gasteiger partial charge in [-0.3, -0.25) is 9.59 Å². The van der Waals surface area contributed by atoms with Gasteiger partial charge in [0.25, 0.3) is 0 Å². The van der Waals surface area contributed by atoms with Gasteiger partial charge >= 0.3 is 17.9 Å². The molecule has 1 aromatic carbocycles. The third-order valence-corrected chi connectivity index (χ3v) is 23.3. The molecule has 27 nitrogen and oxygen atoms in total. The number of aliphatic hydroxyl groups is 13. The highest BCUT2D eigenvalue weighted by Gasteiger charge is 2.72. The lowest BCUT2D eigenvalue weighted by Crippen LogP contribution is -2.68. The number of ether oxygens (including phenoxy) is 11. The minimum atomic E-state index is -1.96. The number of rotatable bonds is 16. The van der Waals surface area contributed by atoms with Gasteiger partial charge in [0.1, 0.15) is 84.8 Å². The highest BCUT2D eigenvalue weighted by Crippen LogP contribution is 2.76. The molecule has 5 aliphatic carbocycles. The van der Waals surface area contributed by atoms with Crippen molar-refractivity contribution in [2.24, 2.45) is 50.2 Å². The first kappa shape index (κ1) is 70.0. The largest absolute Gasteiger partial charge is 0.493 e. The zero-order valence-corrected chi connectivity index (χ0v) is 53.1. The first-order valence-electron chi connectivity index (χ1n) is 31.9. The minimum Gasteiger partial charge on any atom is -0.493 e. The minimum absolute atomic E-state index is 0.0273. The quantitative estimate of drug-likeness (QED) is 0.0421. The number of hydrogen-bond donors (Lipinski definition) is 13. The van der Waals surface area contributed by atoms with Crippen molar-refractivity contribution in [3.63, 3.8) is 0 Å². The first-order valence-corrected chi connectivity index (χ1v) is 31.9. The van der Waals surface area contributed by atoms with E-state index in [9.17, 15) is 76.0 Å². The molecule has 8 fully saturated rings. The van der Waals surface area contributed by atoms with Crippen molar-refractivity contribution >= 4 is 17.9 Å². The lowest BCUT2D eigenvalue weighted by Gasteiger charge is -2.71. The lowest BCUT2D eigenvalue weighted by molar-refractivity contribution is -0.347. The maximum Gasteiger partial charge on any atom is 0.337 e. The molecule has 13 N–H and O–H groups in total. The molecule has 9 aliphatic rings. The number of aryl methyl sites for hydroxylation is 1. The number of fused-ring (bicyclic) bond motifs is 7. The van der Waals surface area contributed by atoms with Gasteiger partial charge in [0.2, 0.25) is 12.6 Å². The van der Waals surface area contributed by atoms with E-state index in [0.717, 1.165) is 25.5 Å². The number of hydrogen-bond acceptors (Lipinski definition) is 27. The lowest BCUT2D eigenvalue weighted by atomic mass is 9.33. The van der Waals surface area contributed by atoms with Gasteiger partial charge < -0.3 is 118 Å². The Morgan fingerprint density at radius 3 is 1.89 bits per heavy atom. The highest BCUT2D eigenvalue weighted by atomic mass is 16.8. The third kappa shape index (κ3) is 12.2. The molecule has 4 aliphatic heterocycles. The predicted octanol–water partition coefficient (Wildman–Crippen LogP) is -0.698. The van der Waals surface area contributed by atoms with E-state index in [1.165, 1.54) is 19.2 Å². The molecule has 0 radical (unpaired) electrons. The van der Waals surface area contributed by atoms with Gasteiger partial charge in [0, 0.05) is 6.42 Å². The van der Waals surface area contributed by atoms with Gasteiger partial charge in [-0.05, 0) is 127 Å². The molecule has 0 bridgehead atoms. The van der Waals surface area contributed by atoms with Crippen LogP contribution in [-0.4, -0.2) is 247 Å². The number of methoxy groups -OCH3 is 2. The van der Waals surface area contributed by atoms with Gasteiger partial charge in [-0.2, -0.15) is 0 Å². The van der Waals surface area contributed by atoms with Crippen LogP contribution in [0.5, 0.6) is 11.5 Å². The van der Waals surface area contributed by atoms with E-state index in [1.54, 1.807) is 6.07 Å². The normalized spacial score (nSPS) is 46.8. The molecule has 91 heavy (non-hydrogen) atoms. The second-order valence-electron chi connectivity index (χ2n) is 29.1. The van der Waals surface area contributed by atoms with Gasteiger partial charge in [-0.15, -0.1) is 0 Å². The Bertz CT molecular complexity index is 2800. The van der Waals surface area contributed by atoms with E-state index in [-0.39, 0.29) is 59.8 Å². The number of carbonyl (C=O) groups is 3. The summed E-state index contributed by atoms with van der Waals surface area (Å²) in [4.78, 5) is 42.6. The van der Waals surface area contributed by atoms with Crippen molar-refractivity contribution in [2.75, 3.05) is 34.0 Å². The Kier molecular flexibility index (Phi) is 20.3. The molecule has 514 valence electrons. The molecule has 4 saturated heterocycles. The van der Waals surface area contributed by atoms with E-state index in [2.05, 4.69) is 54.5 Å². The molecule has 4 heterocycles. The maximum atomic E-state index is 15.8. The van der Waals surface area contributed by atoms with E-state index in [4.69, 9.17) is 52.1 Å². The summed E-state index contributed by atoms with van der Waals surface area (Å²) in [6.45, 7) is 13.3. The second-order valence-corrected chi connectivity index (χ2v) is 29.1. The fourth-order valence-corrected chi connectivity index (χ4v) is 17.8. The average molecular weight is 1300 g/mol. The van der Waals surface area contributed by atoms with Gasteiger partial charge in [0.05, 0.1) is 46.2 Å². The molecular weight excluding hydrogens is 1200 g/mol. The molecule has 10 rings (SSSR count). The van der Waals surface area contributed by atoms with Crippen LogP contribution >= 0.6 is 0 Å². The predicted molar refractivity (Wildman–Crippen MR) is 310 cm³/mol. The van der Waals surface area contributed by atoms with Crippen LogP contribution in [0.25, 0.3) is 0 Å². The van der Waals surface area contributed by atoms with Crippen LogP contribution < -0.4 is 9.47 Å². The number of esters is 3.